The van der Waals surface area contributed by atoms with Gasteiger partial charge in [-0.25, -0.2) is 4.79 Å². The van der Waals surface area contributed by atoms with Crippen LogP contribution in [0.2, 0.25) is 5.02 Å². The van der Waals surface area contributed by atoms with Crippen LogP contribution < -0.4 is 10.6 Å². The number of halogens is 1. The summed E-state index contributed by atoms with van der Waals surface area (Å²) in [6.07, 6.45) is 0. The molecule has 2 aromatic carbocycles. The maximum absolute atomic E-state index is 12.0. The third kappa shape index (κ3) is 5.83. The highest BCUT2D eigenvalue weighted by Gasteiger charge is 2.19. The number of nitrogens with zero attached hydrogens (tertiary/aromatic N) is 1. The summed E-state index contributed by atoms with van der Waals surface area (Å²) in [6, 6.07) is 13.8. The molecule has 27 heavy (non-hydrogen) atoms. The van der Waals surface area contributed by atoms with Crippen LogP contribution in [0.3, 0.4) is 0 Å². The first-order valence-electron chi connectivity index (χ1n) is 7.92. The molecule has 2 amide bonds. The Morgan fingerprint density at radius 1 is 1.19 bits per heavy atom. The molecule has 0 heterocycles. The fraction of sp³-hybridized carbons (Fsp3) is 0.158. The molecule has 0 saturated heterocycles. The highest BCUT2D eigenvalue weighted by Crippen LogP contribution is 2.20. The predicted molar refractivity (Wildman–Crippen MR) is 99.1 cm³/mol. The van der Waals surface area contributed by atoms with Gasteiger partial charge >= 0.3 is 5.97 Å². The molecule has 0 spiro atoms. The Kier molecular flexibility index (Phi) is 6.92. The molecule has 0 saturated carbocycles. The molecular weight excluding hydrogens is 370 g/mol. The van der Waals surface area contributed by atoms with Gasteiger partial charge < -0.3 is 15.4 Å². The molecular formula is C19H16ClN3O4. The SMILES string of the molecule is C[C@@H](NC(=O)c1ccccc1)C(=O)OCC(=O)Nc1ccc(C#N)c(Cl)c1. The van der Waals surface area contributed by atoms with Gasteiger partial charge in [0.1, 0.15) is 12.1 Å². The summed E-state index contributed by atoms with van der Waals surface area (Å²) in [5, 5.41) is 14.0. The third-order valence-corrected chi connectivity index (χ3v) is 3.77. The first-order chi connectivity index (χ1) is 12.9. The molecule has 1 atom stereocenters. The van der Waals surface area contributed by atoms with Crippen LogP contribution >= 0.6 is 11.6 Å². The topological polar surface area (TPSA) is 108 Å². The van der Waals surface area contributed by atoms with E-state index in [1.165, 1.54) is 25.1 Å². The molecule has 2 aromatic rings. The number of carbonyl (C=O) groups is 3. The van der Waals surface area contributed by atoms with Crippen molar-refractivity contribution in [2.45, 2.75) is 13.0 Å². The van der Waals surface area contributed by atoms with Gasteiger partial charge in [0.25, 0.3) is 11.8 Å². The van der Waals surface area contributed by atoms with Crippen LogP contribution in [0.25, 0.3) is 0 Å². The Bertz CT molecular complexity index is 894. The van der Waals surface area contributed by atoms with Crippen LogP contribution in [0.5, 0.6) is 0 Å². The van der Waals surface area contributed by atoms with E-state index in [1.807, 2.05) is 6.07 Å². The first-order valence-corrected chi connectivity index (χ1v) is 8.30. The van der Waals surface area contributed by atoms with Crippen LogP contribution in [0.15, 0.2) is 48.5 Å². The molecule has 0 fully saturated rings. The van der Waals surface area contributed by atoms with Crippen LogP contribution in [-0.2, 0) is 14.3 Å². The van der Waals surface area contributed by atoms with Crippen molar-refractivity contribution in [1.29, 1.82) is 5.26 Å². The number of anilines is 1. The van der Waals surface area contributed by atoms with Gasteiger partial charge in [0, 0.05) is 11.3 Å². The van der Waals surface area contributed by atoms with Gasteiger partial charge in [-0.3, -0.25) is 9.59 Å². The second kappa shape index (κ2) is 9.36. The zero-order chi connectivity index (χ0) is 19.8. The monoisotopic (exact) mass is 385 g/mol. The van der Waals surface area contributed by atoms with Crippen molar-refractivity contribution in [1.82, 2.24) is 5.32 Å². The fourth-order valence-electron chi connectivity index (χ4n) is 2.07. The number of rotatable bonds is 6. The van der Waals surface area contributed by atoms with Crippen LogP contribution in [-0.4, -0.2) is 30.4 Å². The molecule has 0 aliphatic heterocycles. The van der Waals surface area contributed by atoms with Crippen molar-refractivity contribution < 1.29 is 19.1 Å². The van der Waals surface area contributed by atoms with Crippen molar-refractivity contribution in [2.24, 2.45) is 0 Å². The second-order valence-corrected chi connectivity index (χ2v) is 5.93. The average Bonchev–Trinajstić information content (AvgIpc) is 2.66. The second-order valence-electron chi connectivity index (χ2n) is 5.52. The summed E-state index contributed by atoms with van der Waals surface area (Å²) in [5.74, 6) is -1.74. The predicted octanol–water partition coefficient (Wildman–Crippen LogP) is 2.51. The zero-order valence-corrected chi connectivity index (χ0v) is 15.1. The fourth-order valence-corrected chi connectivity index (χ4v) is 2.29. The van der Waals surface area contributed by atoms with Crippen molar-refractivity contribution in [3.63, 3.8) is 0 Å². The molecule has 8 heteroatoms. The minimum atomic E-state index is -0.921. The number of esters is 1. The number of benzene rings is 2. The summed E-state index contributed by atoms with van der Waals surface area (Å²) in [4.78, 5) is 35.8. The van der Waals surface area contributed by atoms with E-state index in [9.17, 15) is 14.4 Å². The maximum Gasteiger partial charge on any atom is 0.328 e. The number of carbonyl (C=O) groups excluding carboxylic acids is 3. The first kappa shape index (κ1) is 19.9. The zero-order valence-electron chi connectivity index (χ0n) is 14.4. The minimum Gasteiger partial charge on any atom is -0.454 e. The summed E-state index contributed by atoms with van der Waals surface area (Å²) >= 11 is 5.88. The number of hydrogen-bond acceptors (Lipinski definition) is 5. The summed E-state index contributed by atoms with van der Waals surface area (Å²) in [7, 11) is 0. The van der Waals surface area contributed by atoms with Gasteiger partial charge in [0.2, 0.25) is 0 Å². The highest BCUT2D eigenvalue weighted by atomic mass is 35.5. The molecule has 0 unspecified atom stereocenters. The van der Waals surface area contributed by atoms with Gasteiger partial charge in [-0.05, 0) is 37.3 Å². The number of nitrogens with one attached hydrogen (secondary N) is 2. The van der Waals surface area contributed by atoms with Crippen molar-refractivity contribution in [3.05, 3.63) is 64.7 Å². The standard InChI is InChI=1S/C19H16ClN3O4/c1-12(22-18(25)13-5-3-2-4-6-13)19(26)27-11-17(24)23-15-8-7-14(10-21)16(20)9-15/h2-9,12H,11H2,1H3,(H,22,25)(H,23,24)/t12-/m1/s1. The van der Waals surface area contributed by atoms with E-state index >= 15 is 0 Å². The molecule has 7 nitrogen and oxygen atoms in total. The Balaban J connectivity index is 1.82. The molecule has 138 valence electrons. The normalized spacial score (nSPS) is 11.0. The number of amides is 2. The molecule has 0 aliphatic carbocycles. The molecule has 2 rings (SSSR count). The van der Waals surface area contributed by atoms with E-state index in [1.54, 1.807) is 30.3 Å². The third-order valence-electron chi connectivity index (χ3n) is 3.46. The number of ether oxygens (including phenoxy) is 1. The summed E-state index contributed by atoms with van der Waals surface area (Å²) in [5.41, 5.74) is 1.06. The van der Waals surface area contributed by atoms with Crippen molar-refractivity contribution in [3.8, 4) is 6.07 Å². The molecule has 2 N–H and O–H groups in total. The van der Waals surface area contributed by atoms with Gasteiger partial charge in [0.05, 0.1) is 10.6 Å². The smallest absolute Gasteiger partial charge is 0.328 e. The molecule has 0 aliphatic rings. The maximum atomic E-state index is 12.0. The highest BCUT2D eigenvalue weighted by molar-refractivity contribution is 6.32. The largest absolute Gasteiger partial charge is 0.454 e. The lowest BCUT2D eigenvalue weighted by Crippen LogP contribution is -2.40. The van der Waals surface area contributed by atoms with Crippen LogP contribution in [0.4, 0.5) is 5.69 Å². The lowest BCUT2D eigenvalue weighted by molar-refractivity contribution is -0.148. The lowest BCUT2D eigenvalue weighted by atomic mass is 10.2. The van der Waals surface area contributed by atoms with E-state index in [4.69, 9.17) is 21.6 Å². The van der Waals surface area contributed by atoms with E-state index in [2.05, 4.69) is 10.6 Å². The Labute approximate surface area is 160 Å². The molecule has 0 radical (unpaired) electrons. The average molecular weight is 386 g/mol. The molecule has 0 bridgehead atoms. The Morgan fingerprint density at radius 3 is 2.52 bits per heavy atom. The van der Waals surface area contributed by atoms with Crippen LogP contribution in [0.1, 0.15) is 22.8 Å². The number of nitriles is 1. The van der Waals surface area contributed by atoms with Crippen molar-refractivity contribution >= 4 is 35.1 Å². The van der Waals surface area contributed by atoms with E-state index in [-0.39, 0.29) is 10.6 Å². The summed E-state index contributed by atoms with van der Waals surface area (Å²) < 4.78 is 4.90. The van der Waals surface area contributed by atoms with E-state index < -0.39 is 30.4 Å². The lowest BCUT2D eigenvalue weighted by Gasteiger charge is -2.13. The quantitative estimate of drug-likeness (QED) is 0.743. The van der Waals surface area contributed by atoms with Gasteiger partial charge in [-0.2, -0.15) is 5.26 Å². The van der Waals surface area contributed by atoms with E-state index in [0.29, 0.717) is 11.3 Å². The minimum absolute atomic E-state index is 0.199. The van der Waals surface area contributed by atoms with Crippen molar-refractivity contribution in [2.75, 3.05) is 11.9 Å². The number of hydrogen-bond donors (Lipinski definition) is 2. The van der Waals surface area contributed by atoms with Crippen LogP contribution in [0, 0.1) is 11.3 Å². The summed E-state index contributed by atoms with van der Waals surface area (Å²) in [6.45, 7) is 0.934. The Morgan fingerprint density at radius 2 is 1.89 bits per heavy atom. The van der Waals surface area contributed by atoms with Gasteiger partial charge in [0.15, 0.2) is 6.61 Å². The Hall–Kier alpha value is -3.37. The molecule has 0 aromatic heterocycles. The van der Waals surface area contributed by atoms with E-state index in [0.717, 1.165) is 0 Å². The van der Waals surface area contributed by atoms with Gasteiger partial charge in [-0.15, -0.1) is 0 Å². The van der Waals surface area contributed by atoms with Gasteiger partial charge in [-0.1, -0.05) is 29.8 Å².